The highest BCUT2D eigenvalue weighted by molar-refractivity contribution is 7.11. The Morgan fingerprint density at radius 1 is 1.12 bits per heavy atom. The maximum Gasteiger partial charge on any atom is 0.274 e. The van der Waals surface area contributed by atoms with Gasteiger partial charge in [0.2, 0.25) is 0 Å². The van der Waals surface area contributed by atoms with Gasteiger partial charge in [-0.1, -0.05) is 41.9 Å². The Morgan fingerprint density at radius 3 is 2.69 bits per heavy atom. The third kappa shape index (κ3) is 3.07. The Labute approximate surface area is 159 Å². The Balaban J connectivity index is 1.75. The molecule has 1 aromatic heterocycles. The summed E-state index contributed by atoms with van der Waals surface area (Å²) in [4.78, 5) is 14.2. The second-order valence-electron chi connectivity index (χ2n) is 5.86. The minimum atomic E-state index is -0.358. The molecule has 0 saturated heterocycles. The van der Waals surface area contributed by atoms with Gasteiger partial charge in [-0.05, 0) is 47.4 Å². The Kier molecular flexibility index (Phi) is 4.41. The van der Waals surface area contributed by atoms with Crippen LogP contribution in [0.2, 0.25) is 5.02 Å². The van der Waals surface area contributed by atoms with Crippen LogP contribution < -0.4 is 5.43 Å². The minimum Gasteiger partial charge on any atom is -0.508 e. The molecule has 0 bridgehead atoms. The highest BCUT2D eigenvalue weighted by atomic mass is 35.5. The topological polar surface area (TPSA) is 52.6 Å². The van der Waals surface area contributed by atoms with Crippen LogP contribution in [0, 0.1) is 0 Å². The molecule has 1 aliphatic heterocycles. The second kappa shape index (κ2) is 6.86. The molecule has 0 aliphatic carbocycles. The predicted octanol–water partition coefficient (Wildman–Crippen LogP) is 4.85. The number of nitrogens with zero attached hydrogens (tertiary/aromatic N) is 1. The SMILES string of the molecule is O=C(c1ccccc1Cl)N1NC(c2cccs2)=CC1c1cccc(O)c1. The molecule has 1 amide bonds. The average molecular weight is 383 g/mol. The number of carbonyl (C=O) groups excluding carboxylic acids is 1. The molecule has 2 N–H and O–H groups in total. The number of hydrogen-bond acceptors (Lipinski definition) is 4. The fourth-order valence-electron chi connectivity index (χ4n) is 2.93. The maximum absolute atomic E-state index is 13.1. The van der Waals surface area contributed by atoms with Gasteiger partial charge in [0.25, 0.3) is 5.91 Å². The quantitative estimate of drug-likeness (QED) is 0.680. The van der Waals surface area contributed by atoms with Crippen LogP contribution >= 0.6 is 22.9 Å². The zero-order valence-electron chi connectivity index (χ0n) is 13.6. The number of thiophene rings is 1. The number of halogens is 1. The number of phenolic OH excluding ortho intramolecular Hbond substituents is 1. The largest absolute Gasteiger partial charge is 0.508 e. The van der Waals surface area contributed by atoms with Gasteiger partial charge in [0.15, 0.2) is 0 Å². The van der Waals surface area contributed by atoms with Crippen LogP contribution in [0.15, 0.2) is 72.1 Å². The van der Waals surface area contributed by atoms with E-state index in [9.17, 15) is 9.90 Å². The lowest BCUT2D eigenvalue weighted by Crippen LogP contribution is -2.39. The summed E-state index contributed by atoms with van der Waals surface area (Å²) in [5.41, 5.74) is 5.29. The van der Waals surface area contributed by atoms with Crippen molar-refractivity contribution in [1.82, 2.24) is 10.4 Å². The van der Waals surface area contributed by atoms with E-state index in [1.165, 1.54) is 0 Å². The van der Waals surface area contributed by atoms with Gasteiger partial charge >= 0.3 is 0 Å². The first-order valence-corrected chi connectivity index (χ1v) is 9.28. The van der Waals surface area contributed by atoms with Gasteiger partial charge in [0, 0.05) is 0 Å². The van der Waals surface area contributed by atoms with Gasteiger partial charge in [-0.25, -0.2) is 5.01 Å². The molecule has 4 rings (SSSR count). The fourth-order valence-corrected chi connectivity index (χ4v) is 3.85. The summed E-state index contributed by atoms with van der Waals surface area (Å²) in [6, 6.07) is 17.5. The van der Waals surface area contributed by atoms with Crippen molar-refractivity contribution in [3.8, 4) is 5.75 Å². The molecule has 0 radical (unpaired) electrons. The van der Waals surface area contributed by atoms with Crippen LogP contribution in [0.25, 0.3) is 5.70 Å². The van der Waals surface area contributed by atoms with E-state index in [0.29, 0.717) is 10.6 Å². The van der Waals surface area contributed by atoms with E-state index in [1.807, 2.05) is 29.7 Å². The number of carbonyl (C=O) groups is 1. The summed E-state index contributed by atoms with van der Waals surface area (Å²) in [5.74, 6) is -0.0719. The third-order valence-corrected chi connectivity index (χ3v) is 5.40. The highest BCUT2D eigenvalue weighted by Gasteiger charge is 2.32. The first kappa shape index (κ1) is 16.7. The Bertz CT molecular complexity index is 985. The van der Waals surface area contributed by atoms with Crippen molar-refractivity contribution in [2.45, 2.75) is 6.04 Å². The molecule has 3 aromatic rings. The van der Waals surface area contributed by atoms with Gasteiger partial charge < -0.3 is 5.11 Å². The molecule has 2 heterocycles. The summed E-state index contributed by atoms with van der Waals surface area (Å²) in [6.45, 7) is 0. The molecule has 6 heteroatoms. The van der Waals surface area contributed by atoms with Crippen molar-refractivity contribution in [2.24, 2.45) is 0 Å². The molecule has 0 fully saturated rings. The molecule has 26 heavy (non-hydrogen) atoms. The molecular formula is C20H15ClN2O2S. The van der Waals surface area contributed by atoms with Crippen molar-refractivity contribution in [2.75, 3.05) is 0 Å². The molecule has 1 aliphatic rings. The molecular weight excluding hydrogens is 368 g/mol. The third-order valence-electron chi connectivity index (χ3n) is 4.17. The van der Waals surface area contributed by atoms with Gasteiger partial charge in [-0.15, -0.1) is 11.3 Å². The van der Waals surface area contributed by atoms with Crippen LogP contribution in [0.1, 0.15) is 26.8 Å². The standard InChI is InChI=1S/C20H15ClN2O2S/c21-16-8-2-1-7-15(16)20(25)23-18(13-5-3-6-14(24)11-13)12-17(22-23)19-9-4-10-26-19/h1-12,18,22,24H. The van der Waals surface area contributed by atoms with Crippen molar-refractivity contribution in [1.29, 1.82) is 0 Å². The van der Waals surface area contributed by atoms with E-state index >= 15 is 0 Å². The summed E-state index contributed by atoms with van der Waals surface area (Å²) < 4.78 is 0. The molecule has 0 saturated carbocycles. The van der Waals surface area contributed by atoms with E-state index in [0.717, 1.165) is 16.1 Å². The lowest BCUT2D eigenvalue weighted by atomic mass is 10.0. The van der Waals surface area contributed by atoms with Crippen LogP contribution in [-0.2, 0) is 0 Å². The van der Waals surface area contributed by atoms with Crippen molar-refractivity contribution in [3.05, 3.63) is 93.1 Å². The summed E-state index contributed by atoms with van der Waals surface area (Å²) >= 11 is 7.81. The molecule has 4 nitrogen and oxygen atoms in total. The van der Waals surface area contributed by atoms with Crippen LogP contribution in [0.4, 0.5) is 0 Å². The first-order valence-electron chi connectivity index (χ1n) is 8.03. The molecule has 2 aromatic carbocycles. The Morgan fingerprint density at radius 2 is 1.96 bits per heavy atom. The van der Waals surface area contributed by atoms with E-state index in [-0.39, 0.29) is 17.7 Å². The zero-order valence-corrected chi connectivity index (χ0v) is 15.2. The number of phenols is 1. The van der Waals surface area contributed by atoms with Crippen molar-refractivity contribution < 1.29 is 9.90 Å². The monoisotopic (exact) mass is 382 g/mol. The highest BCUT2D eigenvalue weighted by Crippen LogP contribution is 2.35. The smallest absolute Gasteiger partial charge is 0.274 e. The van der Waals surface area contributed by atoms with Gasteiger partial charge in [-0.2, -0.15) is 0 Å². The summed E-state index contributed by atoms with van der Waals surface area (Å²) in [6.07, 6.45) is 1.98. The van der Waals surface area contributed by atoms with Gasteiger partial charge in [-0.3, -0.25) is 10.2 Å². The van der Waals surface area contributed by atoms with Crippen LogP contribution in [0.5, 0.6) is 5.75 Å². The first-order chi connectivity index (χ1) is 12.6. The van der Waals surface area contributed by atoms with Gasteiger partial charge in [0.05, 0.1) is 27.2 Å². The normalized spacial score (nSPS) is 16.3. The lowest BCUT2D eigenvalue weighted by molar-refractivity contribution is 0.0672. The number of rotatable bonds is 3. The number of aromatic hydroxyl groups is 1. The number of hydrogen-bond donors (Lipinski definition) is 2. The molecule has 130 valence electrons. The van der Waals surface area contributed by atoms with Gasteiger partial charge in [0.1, 0.15) is 5.75 Å². The molecule has 1 atom stereocenters. The van der Waals surface area contributed by atoms with E-state index in [1.54, 1.807) is 58.8 Å². The fraction of sp³-hybridized carbons (Fsp3) is 0.0500. The number of hydrazine groups is 1. The zero-order chi connectivity index (χ0) is 18.1. The summed E-state index contributed by atoms with van der Waals surface area (Å²) in [7, 11) is 0. The van der Waals surface area contributed by atoms with Crippen LogP contribution in [0.3, 0.4) is 0 Å². The molecule has 0 spiro atoms. The maximum atomic E-state index is 13.1. The molecule has 1 unspecified atom stereocenters. The van der Waals surface area contributed by atoms with Crippen molar-refractivity contribution >= 4 is 34.5 Å². The minimum absolute atomic E-state index is 0.158. The van der Waals surface area contributed by atoms with E-state index < -0.39 is 0 Å². The van der Waals surface area contributed by atoms with E-state index in [2.05, 4.69) is 5.43 Å². The average Bonchev–Trinajstić information content (AvgIpc) is 3.31. The lowest BCUT2D eigenvalue weighted by Gasteiger charge is -2.26. The number of amides is 1. The summed E-state index contributed by atoms with van der Waals surface area (Å²) in [5, 5.41) is 13.8. The second-order valence-corrected chi connectivity index (χ2v) is 7.22. The van der Waals surface area contributed by atoms with E-state index in [4.69, 9.17) is 11.6 Å². The predicted molar refractivity (Wildman–Crippen MR) is 104 cm³/mol. The van der Waals surface area contributed by atoms with Crippen molar-refractivity contribution in [3.63, 3.8) is 0 Å². The van der Waals surface area contributed by atoms with Crippen LogP contribution in [-0.4, -0.2) is 16.0 Å². The number of benzene rings is 2. The Hall–Kier alpha value is -2.76. The number of nitrogens with one attached hydrogen (secondary N) is 1.